The number of carbonyl (C=O) groups excluding carboxylic acids is 1. The van der Waals surface area contributed by atoms with Gasteiger partial charge in [0, 0.05) is 11.6 Å². The summed E-state index contributed by atoms with van der Waals surface area (Å²) in [5.74, 6) is 1.24. The Morgan fingerprint density at radius 2 is 2.24 bits per heavy atom. The number of carbonyl (C=O) groups is 1. The minimum Gasteiger partial charge on any atom is -0.496 e. The Balaban J connectivity index is 0.00000220. The second kappa shape index (κ2) is 8.25. The predicted octanol–water partition coefficient (Wildman–Crippen LogP) is 2.54. The number of aryl methyl sites for hydroxylation is 1. The molecule has 2 atom stereocenters. The van der Waals surface area contributed by atoms with E-state index in [4.69, 9.17) is 4.74 Å². The molecule has 118 valence electrons. The first kappa shape index (κ1) is 17.8. The largest absolute Gasteiger partial charge is 0.496 e. The van der Waals surface area contributed by atoms with Crippen LogP contribution in [-0.4, -0.2) is 32.1 Å². The van der Waals surface area contributed by atoms with E-state index in [2.05, 4.69) is 17.6 Å². The highest BCUT2D eigenvalue weighted by Gasteiger charge is 2.21. The molecular weight excluding hydrogens is 288 g/mol. The maximum absolute atomic E-state index is 12.3. The highest BCUT2D eigenvalue weighted by Crippen LogP contribution is 2.20. The van der Waals surface area contributed by atoms with Crippen LogP contribution in [0.25, 0.3) is 0 Å². The van der Waals surface area contributed by atoms with Crippen LogP contribution in [0.4, 0.5) is 0 Å². The highest BCUT2D eigenvalue weighted by molar-refractivity contribution is 5.94. The molecule has 2 unspecified atom stereocenters. The molecule has 0 aromatic heterocycles. The standard InChI is InChI=1S/C16H24N2O2.ClH/c1-11-6-7-13(9-15(11)20-3)16(19)18-12(2)14-5-4-8-17-10-14;/h6-7,9,12,14,17H,4-5,8,10H2,1-3H3,(H,18,19);1H. The third kappa shape index (κ3) is 4.61. The molecule has 0 radical (unpaired) electrons. The van der Waals surface area contributed by atoms with Crippen molar-refractivity contribution in [2.75, 3.05) is 20.2 Å². The number of hydrogen-bond donors (Lipinski definition) is 2. The number of piperidine rings is 1. The van der Waals surface area contributed by atoms with Crippen LogP contribution in [0.1, 0.15) is 35.7 Å². The van der Waals surface area contributed by atoms with Gasteiger partial charge in [-0.1, -0.05) is 6.07 Å². The Labute approximate surface area is 133 Å². The molecule has 2 N–H and O–H groups in total. The molecule has 0 saturated carbocycles. The van der Waals surface area contributed by atoms with Crippen LogP contribution in [0, 0.1) is 12.8 Å². The summed E-state index contributed by atoms with van der Waals surface area (Å²) in [7, 11) is 1.63. The number of ether oxygens (including phenoxy) is 1. The Morgan fingerprint density at radius 1 is 1.48 bits per heavy atom. The molecule has 1 amide bonds. The first-order chi connectivity index (χ1) is 9.61. The van der Waals surface area contributed by atoms with Crippen molar-refractivity contribution in [2.24, 2.45) is 5.92 Å². The molecule has 21 heavy (non-hydrogen) atoms. The van der Waals surface area contributed by atoms with Crippen LogP contribution >= 0.6 is 12.4 Å². The first-order valence-electron chi connectivity index (χ1n) is 7.28. The summed E-state index contributed by atoms with van der Waals surface area (Å²) in [6, 6.07) is 5.75. The molecule has 1 aromatic carbocycles. The molecule has 5 heteroatoms. The van der Waals surface area contributed by atoms with Gasteiger partial charge < -0.3 is 15.4 Å². The monoisotopic (exact) mass is 312 g/mol. The summed E-state index contributed by atoms with van der Waals surface area (Å²) >= 11 is 0. The van der Waals surface area contributed by atoms with Gasteiger partial charge >= 0.3 is 0 Å². The Bertz CT molecular complexity index is 473. The normalized spacial score (nSPS) is 19.3. The minimum absolute atomic E-state index is 0. The molecule has 1 fully saturated rings. The average Bonchev–Trinajstić information content (AvgIpc) is 2.48. The van der Waals surface area contributed by atoms with E-state index in [1.165, 1.54) is 12.8 Å². The van der Waals surface area contributed by atoms with Gasteiger partial charge in [-0.15, -0.1) is 12.4 Å². The number of nitrogens with one attached hydrogen (secondary N) is 2. The molecule has 1 saturated heterocycles. The zero-order chi connectivity index (χ0) is 14.5. The molecule has 0 aliphatic carbocycles. The van der Waals surface area contributed by atoms with E-state index in [0.717, 1.165) is 24.4 Å². The molecule has 1 aliphatic heterocycles. The summed E-state index contributed by atoms with van der Waals surface area (Å²) in [4.78, 5) is 12.3. The molecule has 0 spiro atoms. The van der Waals surface area contributed by atoms with Gasteiger partial charge in [0.05, 0.1) is 7.11 Å². The SMILES string of the molecule is COc1cc(C(=O)NC(C)C2CCCNC2)ccc1C.Cl. The van der Waals surface area contributed by atoms with Gasteiger partial charge in [-0.3, -0.25) is 4.79 Å². The van der Waals surface area contributed by atoms with Crippen molar-refractivity contribution in [3.63, 3.8) is 0 Å². The number of rotatable bonds is 4. The van der Waals surface area contributed by atoms with Gasteiger partial charge in [-0.05, 0) is 63.4 Å². The number of hydrogen-bond acceptors (Lipinski definition) is 3. The molecular formula is C16H25ClN2O2. The lowest BCUT2D eigenvalue weighted by molar-refractivity contribution is 0.0921. The van der Waals surface area contributed by atoms with Crippen molar-refractivity contribution in [1.29, 1.82) is 0 Å². The van der Waals surface area contributed by atoms with Crippen LogP contribution < -0.4 is 15.4 Å². The fourth-order valence-electron chi connectivity index (χ4n) is 2.67. The topological polar surface area (TPSA) is 50.4 Å². The van der Waals surface area contributed by atoms with Crippen molar-refractivity contribution < 1.29 is 9.53 Å². The van der Waals surface area contributed by atoms with E-state index < -0.39 is 0 Å². The lowest BCUT2D eigenvalue weighted by Crippen LogP contribution is -2.44. The predicted molar refractivity (Wildman–Crippen MR) is 87.5 cm³/mol. The smallest absolute Gasteiger partial charge is 0.251 e. The lowest BCUT2D eigenvalue weighted by atomic mass is 9.92. The van der Waals surface area contributed by atoms with Crippen LogP contribution in [0.2, 0.25) is 0 Å². The van der Waals surface area contributed by atoms with Gasteiger partial charge in [0.25, 0.3) is 5.91 Å². The quantitative estimate of drug-likeness (QED) is 0.898. The summed E-state index contributed by atoms with van der Waals surface area (Å²) in [6.07, 6.45) is 2.36. The first-order valence-corrected chi connectivity index (χ1v) is 7.28. The molecule has 1 aromatic rings. The van der Waals surface area contributed by atoms with Gasteiger partial charge in [-0.25, -0.2) is 0 Å². The van der Waals surface area contributed by atoms with Crippen LogP contribution in [0.5, 0.6) is 5.75 Å². The number of methoxy groups -OCH3 is 1. The number of benzene rings is 1. The Hall–Kier alpha value is -1.26. The maximum atomic E-state index is 12.3. The van der Waals surface area contributed by atoms with E-state index in [9.17, 15) is 4.79 Å². The minimum atomic E-state index is -0.0265. The fraction of sp³-hybridized carbons (Fsp3) is 0.562. The van der Waals surface area contributed by atoms with Crippen molar-refractivity contribution in [2.45, 2.75) is 32.7 Å². The Morgan fingerprint density at radius 3 is 2.86 bits per heavy atom. The van der Waals surface area contributed by atoms with Crippen LogP contribution in [-0.2, 0) is 0 Å². The van der Waals surface area contributed by atoms with Crippen molar-refractivity contribution >= 4 is 18.3 Å². The van der Waals surface area contributed by atoms with Gasteiger partial charge in [0.2, 0.25) is 0 Å². The molecule has 2 rings (SSSR count). The fourth-order valence-corrected chi connectivity index (χ4v) is 2.67. The van der Waals surface area contributed by atoms with E-state index >= 15 is 0 Å². The summed E-state index contributed by atoms with van der Waals surface area (Å²) in [5, 5.41) is 6.49. The molecule has 1 aliphatic rings. The van der Waals surface area contributed by atoms with Gasteiger partial charge in [-0.2, -0.15) is 0 Å². The lowest BCUT2D eigenvalue weighted by Gasteiger charge is -2.29. The molecule has 4 nitrogen and oxygen atoms in total. The average molecular weight is 313 g/mol. The summed E-state index contributed by atoms with van der Waals surface area (Å²) < 4.78 is 5.27. The van der Waals surface area contributed by atoms with Crippen molar-refractivity contribution in [3.8, 4) is 5.75 Å². The van der Waals surface area contributed by atoms with E-state index in [1.807, 2.05) is 19.1 Å². The van der Waals surface area contributed by atoms with Crippen molar-refractivity contribution in [3.05, 3.63) is 29.3 Å². The van der Waals surface area contributed by atoms with Crippen LogP contribution in [0.15, 0.2) is 18.2 Å². The summed E-state index contributed by atoms with van der Waals surface area (Å²) in [5.41, 5.74) is 1.69. The zero-order valence-corrected chi connectivity index (χ0v) is 13.8. The number of halogens is 1. The molecule has 0 bridgehead atoms. The second-order valence-electron chi connectivity index (χ2n) is 5.55. The number of amides is 1. The second-order valence-corrected chi connectivity index (χ2v) is 5.55. The van der Waals surface area contributed by atoms with E-state index in [-0.39, 0.29) is 24.4 Å². The van der Waals surface area contributed by atoms with Crippen molar-refractivity contribution in [1.82, 2.24) is 10.6 Å². The third-order valence-corrected chi connectivity index (χ3v) is 4.07. The Kier molecular flexibility index (Phi) is 6.99. The molecule has 1 heterocycles. The maximum Gasteiger partial charge on any atom is 0.251 e. The zero-order valence-electron chi connectivity index (χ0n) is 12.9. The van der Waals surface area contributed by atoms with Gasteiger partial charge in [0.15, 0.2) is 0 Å². The van der Waals surface area contributed by atoms with Crippen LogP contribution in [0.3, 0.4) is 0 Å². The van der Waals surface area contributed by atoms with Gasteiger partial charge in [0.1, 0.15) is 5.75 Å². The summed E-state index contributed by atoms with van der Waals surface area (Å²) in [6.45, 7) is 6.13. The third-order valence-electron chi connectivity index (χ3n) is 4.07. The van der Waals surface area contributed by atoms with E-state index in [1.54, 1.807) is 13.2 Å². The van der Waals surface area contributed by atoms with E-state index in [0.29, 0.717) is 11.5 Å². The highest BCUT2D eigenvalue weighted by atomic mass is 35.5.